The molecule has 0 aliphatic rings. The van der Waals surface area contributed by atoms with E-state index in [4.69, 9.17) is 0 Å². The summed E-state index contributed by atoms with van der Waals surface area (Å²) < 4.78 is 0. The number of rotatable bonds is 0. The number of nitrogens with one attached hydrogen (secondary N) is 1. The van der Waals surface area contributed by atoms with Crippen molar-refractivity contribution < 1.29 is 0 Å². The fourth-order valence-electron chi connectivity index (χ4n) is 2.59. The van der Waals surface area contributed by atoms with Crippen LogP contribution >= 0.6 is 0 Å². The van der Waals surface area contributed by atoms with Crippen LogP contribution in [-0.2, 0) is 0 Å². The average Bonchev–Trinajstić information content (AvgIpc) is 2.78. The second kappa shape index (κ2) is 3.86. The van der Waals surface area contributed by atoms with E-state index >= 15 is 0 Å². The van der Waals surface area contributed by atoms with Gasteiger partial charge in [-0.25, -0.2) is 0 Å². The zero-order valence-electron chi connectivity index (χ0n) is 9.72. The van der Waals surface area contributed by atoms with Gasteiger partial charge in [-0.1, -0.05) is 54.6 Å². The van der Waals surface area contributed by atoms with Gasteiger partial charge in [0, 0.05) is 27.8 Å². The van der Waals surface area contributed by atoms with E-state index in [2.05, 4.69) is 65.6 Å². The van der Waals surface area contributed by atoms with Crippen LogP contribution in [0, 0.1) is 0 Å². The van der Waals surface area contributed by atoms with E-state index in [1.54, 1.807) is 0 Å². The van der Waals surface area contributed by atoms with E-state index in [9.17, 15) is 0 Å². The summed E-state index contributed by atoms with van der Waals surface area (Å²) >= 11 is 0. The van der Waals surface area contributed by atoms with Crippen molar-refractivity contribution in [3.8, 4) is 0 Å². The van der Waals surface area contributed by atoms with E-state index in [1.165, 1.54) is 32.6 Å². The minimum atomic E-state index is 0. The van der Waals surface area contributed by atoms with Crippen molar-refractivity contribution in [2.24, 2.45) is 0 Å². The maximum absolute atomic E-state index is 3.52. The summed E-state index contributed by atoms with van der Waals surface area (Å²) in [5.41, 5.74) is 2.45. The Hall–Kier alpha value is -2.32. The fraction of sp³-hybridized carbons (Fsp3) is 0. The molecule has 0 aliphatic heterocycles. The number of fused-ring (bicyclic) bond motifs is 5. The summed E-state index contributed by atoms with van der Waals surface area (Å²) in [5.74, 6) is 0. The topological polar surface area (TPSA) is 46.3 Å². The summed E-state index contributed by atoms with van der Waals surface area (Å²) in [5, 5.41) is 5.18. The number of benzene rings is 3. The van der Waals surface area contributed by atoms with Crippen molar-refractivity contribution >= 4 is 32.6 Å². The molecule has 4 aromatic rings. The minimum Gasteiger partial charge on any atom is -0.354 e. The van der Waals surface area contributed by atoms with Crippen LogP contribution in [0.2, 0.25) is 0 Å². The molecule has 85 valence electrons. The van der Waals surface area contributed by atoms with Crippen molar-refractivity contribution in [2.75, 3.05) is 0 Å². The summed E-state index contributed by atoms with van der Waals surface area (Å²) in [6.45, 7) is 0. The van der Waals surface area contributed by atoms with Crippen LogP contribution in [0.3, 0.4) is 0 Å². The molecular weight excluding hydrogens is 220 g/mol. The molecule has 3 radical (unpaired) electrons. The van der Waals surface area contributed by atoms with Gasteiger partial charge in [0.1, 0.15) is 0 Å². The second-order valence-electron chi connectivity index (χ2n) is 4.38. The molecule has 2 nitrogen and oxygen atoms in total. The normalized spacial score (nSPS) is 10.9. The highest BCUT2D eigenvalue weighted by Gasteiger charge is 2.05. The first-order chi connectivity index (χ1) is 8.43. The third-order valence-electron chi connectivity index (χ3n) is 3.41. The van der Waals surface area contributed by atoms with Gasteiger partial charge in [-0.2, -0.15) is 0 Å². The second-order valence-corrected chi connectivity index (χ2v) is 4.38. The van der Waals surface area contributed by atoms with Crippen LogP contribution in [-0.4, -0.2) is 4.98 Å². The van der Waals surface area contributed by atoms with Crippen molar-refractivity contribution in [1.82, 2.24) is 11.1 Å². The minimum absolute atomic E-state index is 0. The average molecular weight is 231 g/mol. The van der Waals surface area contributed by atoms with Gasteiger partial charge in [-0.3, -0.25) is 0 Å². The maximum atomic E-state index is 3.52. The number of nitrogens with zero attached hydrogens (tertiary/aromatic N) is 1. The van der Waals surface area contributed by atoms with Gasteiger partial charge in [0.2, 0.25) is 0 Å². The van der Waals surface area contributed by atoms with Crippen LogP contribution in [0.5, 0.6) is 0 Å². The van der Waals surface area contributed by atoms with Crippen LogP contribution in [0.15, 0.2) is 60.7 Å². The predicted molar refractivity (Wildman–Crippen MR) is 75.4 cm³/mol. The Morgan fingerprint density at radius 1 is 0.611 bits per heavy atom. The smallest absolute Gasteiger partial charge is 0.0544 e. The molecule has 2 heteroatoms. The third kappa shape index (κ3) is 1.33. The summed E-state index contributed by atoms with van der Waals surface area (Å²) in [4.78, 5) is 3.52. The highest BCUT2D eigenvalue weighted by Crippen LogP contribution is 2.30. The lowest BCUT2D eigenvalue weighted by atomic mass is 10.1. The third-order valence-corrected chi connectivity index (χ3v) is 3.41. The number of hydrogen-bond acceptors (Lipinski definition) is 0. The molecule has 1 aromatic heterocycles. The Morgan fingerprint density at radius 3 is 2.22 bits per heavy atom. The quantitative estimate of drug-likeness (QED) is 0.475. The standard InChI is InChI=1S/C16H11N.N/c1-2-6-12-11(5-1)9-10-14-13-7-3-4-8-15(13)17-16(12)14;/h1-10,17H;. The zero-order chi connectivity index (χ0) is 11.2. The number of aromatic nitrogens is 1. The Labute approximate surface area is 105 Å². The van der Waals surface area contributed by atoms with Crippen molar-refractivity contribution in [1.29, 1.82) is 0 Å². The van der Waals surface area contributed by atoms with Crippen LogP contribution in [0.1, 0.15) is 0 Å². The number of H-pyrrole nitrogens is 1. The highest BCUT2D eigenvalue weighted by atomic mass is 14.7. The molecule has 0 bridgehead atoms. The van der Waals surface area contributed by atoms with Crippen LogP contribution in [0.4, 0.5) is 0 Å². The predicted octanol–water partition coefficient (Wildman–Crippen LogP) is 3.99. The van der Waals surface area contributed by atoms with E-state index in [0.717, 1.165) is 0 Å². The van der Waals surface area contributed by atoms with Gasteiger partial charge >= 0.3 is 0 Å². The molecule has 4 rings (SSSR count). The van der Waals surface area contributed by atoms with Gasteiger partial charge in [-0.15, -0.1) is 0 Å². The number of aromatic amines is 1. The Kier molecular flexibility index (Phi) is 2.32. The van der Waals surface area contributed by atoms with Crippen molar-refractivity contribution in [2.45, 2.75) is 0 Å². The van der Waals surface area contributed by atoms with Crippen molar-refractivity contribution in [3.05, 3.63) is 60.7 Å². The monoisotopic (exact) mass is 231 g/mol. The molecule has 0 saturated carbocycles. The fourth-order valence-corrected chi connectivity index (χ4v) is 2.59. The van der Waals surface area contributed by atoms with Gasteiger partial charge in [-0.05, 0) is 11.5 Å². The van der Waals surface area contributed by atoms with Gasteiger partial charge < -0.3 is 4.98 Å². The Balaban J connectivity index is 0.000001000. The molecular formula is C16H11N2. The summed E-state index contributed by atoms with van der Waals surface area (Å²) in [6.07, 6.45) is 0. The number of hydrogen-bond donors (Lipinski definition) is 1. The molecule has 0 fully saturated rings. The Morgan fingerprint density at radius 2 is 1.33 bits per heavy atom. The lowest BCUT2D eigenvalue weighted by molar-refractivity contribution is 1.56. The van der Waals surface area contributed by atoms with Gasteiger partial charge in [0.25, 0.3) is 0 Å². The maximum Gasteiger partial charge on any atom is 0.0544 e. The van der Waals surface area contributed by atoms with Gasteiger partial charge in [0.05, 0.1) is 5.52 Å². The first-order valence-electron chi connectivity index (χ1n) is 5.82. The molecule has 1 N–H and O–H groups in total. The molecule has 18 heavy (non-hydrogen) atoms. The molecule has 3 aromatic carbocycles. The summed E-state index contributed by atoms with van der Waals surface area (Å²) in [6, 6.07) is 21.4. The lowest BCUT2D eigenvalue weighted by Crippen LogP contribution is -1.74. The van der Waals surface area contributed by atoms with E-state index in [1.807, 2.05) is 0 Å². The number of para-hydroxylation sites is 1. The Bertz CT molecular complexity index is 843. The molecule has 1 heterocycles. The van der Waals surface area contributed by atoms with E-state index < -0.39 is 0 Å². The first kappa shape index (κ1) is 10.8. The molecule has 0 amide bonds. The molecule has 0 spiro atoms. The van der Waals surface area contributed by atoms with Crippen LogP contribution in [0.25, 0.3) is 32.6 Å². The molecule has 0 unspecified atom stereocenters. The largest absolute Gasteiger partial charge is 0.354 e. The zero-order valence-corrected chi connectivity index (χ0v) is 9.72. The SMILES string of the molecule is [N].c1ccc2c(c1)ccc1c3ccccc3[nH]c21. The lowest BCUT2D eigenvalue weighted by Gasteiger charge is -1.98. The van der Waals surface area contributed by atoms with Gasteiger partial charge in [0.15, 0.2) is 0 Å². The first-order valence-corrected chi connectivity index (χ1v) is 5.82. The van der Waals surface area contributed by atoms with E-state index in [0.29, 0.717) is 0 Å². The highest BCUT2D eigenvalue weighted by molar-refractivity contribution is 6.16. The van der Waals surface area contributed by atoms with Crippen LogP contribution < -0.4 is 6.15 Å². The van der Waals surface area contributed by atoms with Crippen molar-refractivity contribution in [3.63, 3.8) is 0 Å². The summed E-state index contributed by atoms with van der Waals surface area (Å²) in [7, 11) is 0. The molecule has 0 aliphatic carbocycles. The molecule has 0 saturated heterocycles. The molecule has 0 atom stereocenters. The van der Waals surface area contributed by atoms with E-state index in [-0.39, 0.29) is 6.15 Å².